The fourth-order valence-electron chi connectivity index (χ4n) is 2.24. The zero-order valence-electron chi connectivity index (χ0n) is 11.9. The van der Waals surface area contributed by atoms with Gasteiger partial charge in [-0.2, -0.15) is 5.10 Å². The zero-order valence-corrected chi connectivity index (χ0v) is 12.7. The first-order valence-corrected chi connectivity index (χ1v) is 7.90. The molecular weight excluding hydrogens is 266 g/mol. The summed E-state index contributed by atoms with van der Waals surface area (Å²) < 4.78 is 1.89. The van der Waals surface area contributed by atoms with Crippen molar-refractivity contribution in [3.05, 3.63) is 48.3 Å². The van der Waals surface area contributed by atoms with Crippen LogP contribution < -0.4 is 0 Å². The van der Waals surface area contributed by atoms with Crippen LogP contribution in [0.3, 0.4) is 0 Å². The van der Waals surface area contributed by atoms with Crippen molar-refractivity contribution < 1.29 is 0 Å². The highest BCUT2D eigenvalue weighted by atomic mass is 32.2. The van der Waals surface area contributed by atoms with E-state index in [1.807, 2.05) is 17.0 Å². The first-order chi connectivity index (χ1) is 9.69. The van der Waals surface area contributed by atoms with Crippen molar-refractivity contribution in [2.24, 2.45) is 0 Å². The maximum absolute atomic E-state index is 4.63. The van der Waals surface area contributed by atoms with Crippen molar-refractivity contribution in [3.63, 3.8) is 0 Å². The molecule has 3 nitrogen and oxygen atoms in total. The lowest BCUT2D eigenvalue weighted by Gasteiger charge is -2.05. The second kappa shape index (κ2) is 5.29. The summed E-state index contributed by atoms with van der Waals surface area (Å²) in [5.41, 5.74) is 4.54. The van der Waals surface area contributed by atoms with Gasteiger partial charge in [0.2, 0.25) is 0 Å². The molecule has 2 aromatic heterocycles. The number of nitrogens with zero attached hydrogens (tertiary/aromatic N) is 3. The molecule has 0 fully saturated rings. The highest BCUT2D eigenvalue weighted by Gasteiger charge is 2.08. The Bertz CT molecular complexity index is 729. The molecule has 0 atom stereocenters. The molecule has 0 aliphatic heterocycles. The highest BCUT2D eigenvalue weighted by molar-refractivity contribution is 7.98. The smallest absolute Gasteiger partial charge is 0.122 e. The molecule has 0 saturated heterocycles. The maximum atomic E-state index is 4.63. The summed E-state index contributed by atoms with van der Waals surface area (Å²) in [5.74, 6) is 0.553. The topological polar surface area (TPSA) is 30.2 Å². The number of hydrogen-bond acceptors (Lipinski definition) is 3. The number of thioether (sulfide) groups is 1. The van der Waals surface area contributed by atoms with E-state index in [-0.39, 0.29) is 0 Å². The minimum absolute atomic E-state index is 0.553. The summed E-state index contributed by atoms with van der Waals surface area (Å²) in [5, 5.41) is 5.63. The van der Waals surface area contributed by atoms with Crippen LogP contribution in [0.4, 0.5) is 0 Å². The van der Waals surface area contributed by atoms with E-state index < -0.39 is 0 Å². The van der Waals surface area contributed by atoms with Crippen LogP contribution in [-0.4, -0.2) is 20.9 Å². The molecule has 0 spiro atoms. The molecule has 1 aromatic carbocycles. The van der Waals surface area contributed by atoms with Gasteiger partial charge in [-0.3, -0.25) is 0 Å². The summed E-state index contributed by atoms with van der Waals surface area (Å²) in [6, 6.07) is 10.7. The van der Waals surface area contributed by atoms with Crippen molar-refractivity contribution in [2.45, 2.75) is 24.8 Å². The normalized spacial score (nSPS) is 11.4. The summed E-state index contributed by atoms with van der Waals surface area (Å²) >= 11 is 1.64. The van der Waals surface area contributed by atoms with E-state index in [9.17, 15) is 0 Å². The lowest BCUT2D eigenvalue weighted by molar-refractivity contribution is 0.866. The van der Waals surface area contributed by atoms with Gasteiger partial charge in [0.15, 0.2) is 0 Å². The number of hydrogen-bond donors (Lipinski definition) is 0. The van der Waals surface area contributed by atoms with Crippen molar-refractivity contribution in [3.8, 4) is 11.3 Å². The molecule has 102 valence electrons. The molecule has 3 aromatic rings. The predicted molar refractivity (Wildman–Crippen MR) is 84.3 cm³/mol. The lowest BCUT2D eigenvalue weighted by atomic mass is 10.0. The monoisotopic (exact) mass is 283 g/mol. The van der Waals surface area contributed by atoms with E-state index in [0.717, 1.165) is 21.8 Å². The fourth-order valence-corrected chi connectivity index (χ4v) is 2.76. The van der Waals surface area contributed by atoms with Gasteiger partial charge in [0.1, 0.15) is 5.03 Å². The van der Waals surface area contributed by atoms with Crippen LogP contribution in [0, 0.1) is 0 Å². The second-order valence-corrected chi connectivity index (χ2v) is 5.87. The van der Waals surface area contributed by atoms with Crippen LogP contribution in [0.2, 0.25) is 0 Å². The Balaban J connectivity index is 2.06. The fraction of sp³-hybridized carbons (Fsp3) is 0.250. The quantitative estimate of drug-likeness (QED) is 0.673. The Morgan fingerprint density at radius 1 is 1.15 bits per heavy atom. The Morgan fingerprint density at radius 3 is 2.55 bits per heavy atom. The van der Waals surface area contributed by atoms with Crippen LogP contribution in [0.5, 0.6) is 0 Å². The molecule has 0 amide bonds. The molecule has 0 unspecified atom stereocenters. The number of benzene rings is 1. The van der Waals surface area contributed by atoms with E-state index >= 15 is 0 Å². The largest absolute Gasteiger partial charge is 0.246 e. The van der Waals surface area contributed by atoms with Crippen LogP contribution in [0.25, 0.3) is 16.8 Å². The molecule has 3 rings (SSSR count). The molecule has 20 heavy (non-hydrogen) atoms. The van der Waals surface area contributed by atoms with Crippen molar-refractivity contribution in [1.82, 2.24) is 14.6 Å². The summed E-state index contributed by atoms with van der Waals surface area (Å²) in [6.45, 7) is 4.41. The van der Waals surface area contributed by atoms with Gasteiger partial charge in [-0.05, 0) is 23.8 Å². The van der Waals surface area contributed by atoms with Gasteiger partial charge >= 0.3 is 0 Å². The Kier molecular flexibility index (Phi) is 3.49. The third-order valence-corrected chi connectivity index (χ3v) is 4.12. The standard InChI is InChI=1S/C16H17N3S/c1-11(2)12-4-6-13(7-5-12)14-10-15-16(20-3)17-8-9-19(15)18-14/h4-11H,1-3H3. The molecule has 0 N–H and O–H groups in total. The Labute approximate surface area is 123 Å². The second-order valence-electron chi connectivity index (χ2n) is 5.07. The predicted octanol–water partition coefficient (Wildman–Crippen LogP) is 4.24. The number of rotatable bonds is 3. The van der Waals surface area contributed by atoms with Crippen molar-refractivity contribution >= 4 is 17.3 Å². The Hall–Kier alpha value is -1.81. The summed E-state index contributed by atoms with van der Waals surface area (Å²) in [6.07, 6.45) is 5.71. The third-order valence-electron chi connectivity index (χ3n) is 3.42. The van der Waals surface area contributed by atoms with Gasteiger partial charge < -0.3 is 0 Å². The van der Waals surface area contributed by atoms with Gasteiger partial charge in [-0.25, -0.2) is 9.50 Å². The van der Waals surface area contributed by atoms with Gasteiger partial charge in [0, 0.05) is 18.0 Å². The zero-order chi connectivity index (χ0) is 14.1. The van der Waals surface area contributed by atoms with Crippen molar-refractivity contribution in [2.75, 3.05) is 6.26 Å². The first-order valence-electron chi connectivity index (χ1n) is 6.68. The first kappa shape index (κ1) is 13.2. The molecule has 4 heteroatoms. The van der Waals surface area contributed by atoms with Crippen LogP contribution in [0.15, 0.2) is 47.8 Å². The van der Waals surface area contributed by atoms with Gasteiger partial charge in [-0.15, -0.1) is 11.8 Å². The van der Waals surface area contributed by atoms with Crippen LogP contribution in [0.1, 0.15) is 25.3 Å². The average Bonchev–Trinajstić information content (AvgIpc) is 2.91. The lowest BCUT2D eigenvalue weighted by Crippen LogP contribution is -1.90. The van der Waals surface area contributed by atoms with E-state index in [2.05, 4.69) is 54.3 Å². The highest BCUT2D eigenvalue weighted by Crippen LogP contribution is 2.25. The SMILES string of the molecule is CSc1nccn2nc(-c3ccc(C(C)C)cc3)cc12. The van der Waals surface area contributed by atoms with E-state index in [1.165, 1.54) is 5.56 Å². The minimum Gasteiger partial charge on any atom is -0.246 e. The van der Waals surface area contributed by atoms with Crippen molar-refractivity contribution in [1.29, 1.82) is 0 Å². The van der Waals surface area contributed by atoms with E-state index in [4.69, 9.17) is 0 Å². The Morgan fingerprint density at radius 2 is 1.90 bits per heavy atom. The van der Waals surface area contributed by atoms with Gasteiger partial charge in [0.25, 0.3) is 0 Å². The minimum atomic E-state index is 0.553. The molecule has 0 radical (unpaired) electrons. The van der Waals surface area contributed by atoms with Gasteiger partial charge in [-0.1, -0.05) is 38.1 Å². The molecule has 0 aliphatic rings. The van der Waals surface area contributed by atoms with E-state index in [1.54, 1.807) is 18.0 Å². The summed E-state index contributed by atoms with van der Waals surface area (Å²) in [4.78, 5) is 4.37. The maximum Gasteiger partial charge on any atom is 0.122 e. The van der Waals surface area contributed by atoms with E-state index in [0.29, 0.717) is 5.92 Å². The summed E-state index contributed by atoms with van der Waals surface area (Å²) in [7, 11) is 0. The molecule has 0 saturated carbocycles. The molecule has 0 bridgehead atoms. The van der Waals surface area contributed by atoms with Gasteiger partial charge in [0.05, 0.1) is 11.2 Å². The number of fused-ring (bicyclic) bond motifs is 1. The average molecular weight is 283 g/mol. The number of aromatic nitrogens is 3. The third kappa shape index (κ3) is 2.31. The molecule has 2 heterocycles. The van der Waals surface area contributed by atoms with Crippen LogP contribution >= 0.6 is 11.8 Å². The molecular formula is C16H17N3S. The van der Waals surface area contributed by atoms with Crippen LogP contribution in [-0.2, 0) is 0 Å². The molecule has 0 aliphatic carbocycles.